The average molecular weight is 261 g/mol. The second kappa shape index (κ2) is 7.00. The summed E-state index contributed by atoms with van der Waals surface area (Å²) in [7, 11) is 1.47. The van der Waals surface area contributed by atoms with Gasteiger partial charge in [-0.1, -0.05) is 0 Å². The molecule has 0 atom stereocenters. The van der Waals surface area contributed by atoms with Gasteiger partial charge in [0, 0.05) is 37.8 Å². The van der Waals surface area contributed by atoms with Gasteiger partial charge in [0.25, 0.3) is 0 Å². The molecule has 6 heteroatoms. The molecule has 100 valence electrons. The number of hydrogen-bond donors (Lipinski definition) is 1. The Morgan fingerprint density at radius 3 is 2.44 bits per heavy atom. The number of rotatable bonds is 6. The minimum Gasteiger partial charge on any atom is -0.384 e. The van der Waals surface area contributed by atoms with Gasteiger partial charge < -0.3 is 10.1 Å². The van der Waals surface area contributed by atoms with Crippen molar-refractivity contribution in [1.82, 2.24) is 5.32 Å². The molecule has 0 radical (unpaired) electrons. The van der Waals surface area contributed by atoms with Crippen LogP contribution in [0.2, 0.25) is 0 Å². The van der Waals surface area contributed by atoms with E-state index in [4.69, 9.17) is 4.74 Å². The minimum absolute atomic E-state index is 0.0311. The van der Waals surface area contributed by atoms with Crippen LogP contribution in [0.4, 0.5) is 13.2 Å². The van der Waals surface area contributed by atoms with Crippen molar-refractivity contribution in [1.29, 1.82) is 0 Å². The van der Waals surface area contributed by atoms with Gasteiger partial charge in [0.2, 0.25) is 5.91 Å². The first-order valence-electron chi connectivity index (χ1n) is 5.43. The zero-order valence-electron chi connectivity index (χ0n) is 9.93. The number of methoxy groups -OCH3 is 1. The lowest BCUT2D eigenvalue weighted by Gasteiger charge is -2.07. The first kappa shape index (κ1) is 14.5. The lowest BCUT2D eigenvalue weighted by atomic mass is 10.1. The van der Waals surface area contributed by atoms with E-state index in [9.17, 15) is 18.0 Å². The minimum atomic E-state index is -0.960. The second-order valence-electron chi connectivity index (χ2n) is 3.69. The van der Waals surface area contributed by atoms with Gasteiger partial charge >= 0.3 is 0 Å². The first-order valence-corrected chi connectivity index (χ1v) is 5.43. The van der Waals surface area contributed by atoms with Crippen molar-refractivity contribution in [3.63, 3.8) is 0 Å². The standard InChI is InChI=1S/C12H14F3NO2/c1-18-5-3-12(17)16-4-2-9-10(14)6-8(13)7-11(9)15/h6-7H,2-5H2,1H3,(H,16,17). The molecule has 1 amide bonds. The highest BCUT2D eigenvalue weighted by molar-refractivity contribution is 5.75. The lowest BCUT2D eigenvalue weighted by molar-refractivity contribution is -0.121. The molecule has 1 N–H and O–H groups in total. The van der Waals surface area contributed by atoms with Crippen LogP contribution in [0.5, 0.6) is 0 Å². The molecule has 0 unspecified atom stereocenters. The Kier molecular flexibility index (Phi) is 5.64. The van der Waals surface area contributed by atoms with Gasteiger partial charge in [-0.15, -0.1) is 0 Å². The highest BCUT2D eigenvalue weighted by Gasteiger charge is 2.11. The highest BCUT2D eigenvalue weighted by atomic mass is 19.1. The maximum atomic E-state index is 13.2. The molecule has 1 aromatic carbocycles. The molecule has 0 bridgehead atoms. The third-order valence-corrected chi connectivity index (χ3v) is 2.34. The summed E-state index contributed by atoms with van der Waals surface area (Å²) < 4.78 is 43.8. The van der Waals surface area contributed by atoms with Gasteiger partial charge in [0.15, 0.2) is 0 Å². The van der Waals surface area contributed by atoms with E-state index in [1.165, 1.54) is 7.11 Å². The fourth-order valence-electron chi connectivity index (χ4n) is 1.42. The Morgan fingerprint density at radius 1 is 1.28 bits per heavy atom. The summed E-state index contributed by atoms with van der Waals surface area (Å²) in [5.41, 5.74) is -0.233. The largest absolute Gasteiger partial charge is 0.384 e. The summed E-state index contributed by atoms with van der Waals surface area (Å²) in [6.45, 7) is 0.368. The maximum absolute atomic E-state index is 13.2. The fourth-order valence-corrected chi connectivity index (χ4v) is 1.42. The van der Waals surface area contributed by atoms with Crippen molar-refractivity contribution in [3.8, 4) is 0 Å². The van der Waals surface area contributed by atoms with E-state index in [2.05, 4.69) is 5.32 Å². The second-order valence-corrected chi connectivity index (χ2v) is 3.69. The molecular formula is C12H14F3NO2. The van der Waals surface area contributed by atoms with E-state index >= 15 is 0 Å². The zero-order valence-corrected chi connectivity index (χ0v) is 9.93. The number of halogens is 3. The molecule has 1 aromatic rings. The summed E-state index contributed by atoms with van der Waals surface area (Å²) in [6, 6.07) is 1.23. The van der Waals surface area contributed by atoms with Crippen LogP contribution in [0, 0.1) is 17.5 Å². The van der Waals surface area contributed by atoms with Crippen LogP contribution in [-0.4, -0.2) is 26.2 Å². The molecule has 0 saturated carbocycles. The van der Waals surface area contributed by atoms with Gasteiger partial charge in [0.1, 0.15) is 17.5 Å². The molecule has 0 saturated heterocycles. The number of nitrogens with one attached hydrogen (secondary N) is 1. The van der Waals surface area contributed by atoms with Crippen LogP contribution in [0.3, 0.4) is 0 Å². The molecule has 0 aromatic heterocycles. The van der Waals surface area contributed by atoms with Crippen molar-refractivity contribution >= 4 is 5.91 Å². The van der Waals surface area contributed by atoms with Crippen LogP contribution in [0.25, 0.3) is 0 Å². The Morgan fingerprint density at radius 2 is 1.89 bits per heavy atom. The fraction of sp³-hybridized carbons (Fsp3) is 0.417. The normalized spacial score (nSPS) is 10.4. The maximum Gasteiger partial charge on any atom is 0.222 e. The quantitative estimate of drug-likeness (QED) is 0.848. The predicted molar refractivity (Wildman–Crippen MR) is 59.5 cm³/mol. The van der Waals surface area contributed by atoms with E-state index in [1.807, 2.05) is 0 Å². The molecule has 1 rings (SSSR count). The van der Waals surface area contributed by atoms with Crippen molar-refractivity contribution in [2.75, 3.05) is 20.3 Å². The molecule has 0 aliphatic heterocycles. The van der Waals surface area contributed by atoms with Gasteiger partial charge in [-0.3, -0.25) is 4.79 Å². The topological polar surface area (TPSA) is 38.3 Å². The first-order chi connectivity index (χ1) is 8.54. The molecule has 0 heterocycles. The SMILES string of the molecule is COCCC(=O)NCCc1c(F)cc(F)cc1F. The molecule has 0 aliphatic carbocycles. The van der Waals surface area contributed by atoms with Crippen LogP contribution in [0.1, 0.15) is 12.0 Å². The van der Waals surface area contributed by atoms with Crippen LogP contribution in [-0.2, 0) is 16.0 Å². The molecule has 0 aliphatic rings. The van der Waals surface area contributed by atoms with E-state index in [0.29, 0.717) is 12.1 Å². The van der Waals surface area contributed by atoms with Crippen LogP contribution in [0.15, 0.2) is 12.1 Å². The Bertz CT molecular complexity index is 401. The van der Waals surface area contributed by atoms with Crippen LogP contribution >= 0.6 is 0 Å². The molecule has 3 nitrogen and oxygen atoms in total. The van der Waals surface area contributed by atoms with Crippen molar-refractivity contribution in [3.05, 3.63) is 35.1 Å². The third kappa shape index (κ3) is 4.37. The third-order valence-electron chi connectivity index (χ3n) is 2.34. The number of hydrogen-bond acceptors (Lipinski definition) is 2. The smallest absolute Gasteiger partial charge is 0.222 e. The number of carbonyl (C=O) groups is 1. The van der Waals surface area contributed by atoms with E-state index in [-0.39, 0.29) is 37.5 Å². The van der Waals surface area contributed by atoms with Gasteiger partial charge in [0.05, 0.1) is 6.61 Å². The average Bonchev–Trinajstić information content (AvgIpc) is 2.29. The van der Waals surface area contributed by atoms with Crippen molar-refractivity contribution in [2.45, 2.75) is 12.8 Å². The molecule has 0 fully saturated rings. The number of carbonyl (C=O) groups excluding carboxylic acids is 1. The summed E-state index contributed by atoms with van der Waals surface area (Å²) in [5, 5.41) is 2.49. The monoisotopic (exact) mass is 261 g/mol. The Hall–Kier alpha value is -1.56. The Labute approximate surface area is 103 Å². The molecule has 18 heavy (non-hydrogen) atoms. The lowest BCUT2D eigenvalue weighted by Crippen LogP contribution is -2.26. The summed E-state index contributed by atoms with van der Waals surface area (Å²) in [4.78, 5) is 11.2. The molecule has 0 spiro atoms. The van der Waals surface area contributed by atoms with Crippen molar-refractivity contribution in [2.24, 2.45) is 0 Å². The summed E-state index contributed by atoms with van der Waals surface area (Å²) >= 11 is 0. The highest BCUT2D eigenvalue weighted by Crippen LogP contribution is 2.14. The van der Waals surface area contributed by atoms with Gasteiger partial charge in [-0.25, -0.2) is 13.2 Å². The Balaban J connectivity index is 2.47. The van der Waals surface area contributed by atoms with Crippen LogP contribution < -0.4 is 5.32 Å². The summed E-state index contributed by atoms with van der Waals surface area (Å²) in [5.74, 6) is -3.12. The van der Waals surface area contributed by atoms with Gasteiger partial charge in [-0.05, 0) is 6.42 Å². The number of benzene rings is 1. The van der Waals surface area contributed by atoms with E-state index < -0.39 is 17.5 Å². The summed E-state index contributed by atoms with van der Waals surface area (Å²) in [6.07, 6.45) is 0.154. The van der Waals surface area contributed by atoms with Gasteiger partial charge in [-0.2, -0.15) is 0 Å². The number of ether oxygens (including phenoxy) is 1. The predicted octanol–water partition coefficient (Wildman–Crippen LogP) is 1.80. The number of amides is 1. The zero-order chi connectivity index (χ0) is 13.5. The molecular weight excluding hydrogens is 247 g/mol. The van der Waals surface area contributed by atoms with E-state index in [1.54, 1.807) is 0 Å². The van der Waals surface area contributed by atoms with E-state index in [0.717, 1.165) is 0 Å². The van der Waals surface area contributed by atoms with Crippen molar-refractivity contribution < 1.29 is 22.7 Å².